The molecule has 29 heavy (non-hydrogen) atoms. The molecular formula is C24H23FN2O2. The molecule has 0 bridgehead atoms. The summed E-state index contributed by atoms with van der Waals surface area (Å²) in [5.41, 5.74) is 3.94. The van der Waals surface area contributed by atoms with Crippen LogP contribution in [0.25, 0.3) is 11.1 Å². The van der Waals surface area contributed by atoms with Gasteiger partial charge in [0.15, 0.2) is 0 Å². The average Bonchev–Trinajstić information content (AvgIpc) is 3.44. The van der Waals surface area contributed by atoms with Crippen molar-refractivity contribution in [3.63, 3.8) is 0 Å². The molecule has 2 aromatic rings. The van der Waals surface area contributed by atoms with Crippen LogP contribution in [0.5, 0.6) is 5.75 Å². The van der Waals surface area contributed by atoms with Crippen LogP contribution in [0.4, 0.5) is 4.39 Å². The zero-order valence-corrected chi connectivity index (χ0v) is 16.1. The van der Waals surface area contributed by atoms with Crippen LogP contribution >= 0.6 is 0 Å². The number of hydrogen-bond donors (Lipinski definition) is 1. The number of benzene rings is 2. The zero-order chi connectivity index (χ0) is 20.0. The van der Waals surface area contributed by atoms with Crippen LogP contribution in [0.1, 0.15) is 42.5 Å². The van der Waals surface area contributed by atoms with Crippen LogP contribution < -0.4 is 0 Å². The summed E-state index contributed by atoms with van der Waals surface area (Å²) in [5.74, 6) is -0.580. The summed E-state index contributed by atoms with van der Waals surface area (Å²) < 4.78 is 14.1. The Hall–Kier alpha value is -2.95. The minimum Gasteiger partial charge on any atom is -0.507 e. The molecule has 5 heteroatoms. The highest BCUT2D eigenvalue weighted by Gasteiger charge is 2.40. The fraction of sp³-hybridized carbons (Fsp3) is 0.333. The summed E-state index contributed by atoms with van der Waals surface area (Å²) in [5, 5.41) is 10.6. The summed E-state index contributed by atoms with van der Waals surface area (Å²) in [6, 6.07) is 11.6. The summed E-state index contributed by atoms with van der Waals surface area (Å²) in [7, 11) is 0. The van der Waals surface area contributed by atoms with Gasteiger partial charge in [-0.3, -0.25) is 9.79 Å². The molecule has 5 rings (SSSR count). The van der Waals surface area contributed by atoms with Crippen molar-refractivity contribution in [1.29, 1.82) is 0 Å². The third-order valence-corrected chi connectivity index (χ3v) is 6.20. The van der Waals surface area contributed by atoms with E-state index < -0.39 is 0 Å². The lowest BCUT2D eigenvalue weighted by Crippen LogP contribution is -2.43. The Labute approximate surface area is 169 Å². The lowest BCUT2D eigenvalue weighted by molar-refractivity contribution is 0.0642. The highest BCUT2D eigenvalue weighted by molar-refractivity contribution is 5.98. The number of hydrogen-bond acceptors (Lipinski definition) is 3. The number of phenols is 1. The van der Waals surface area contributed by atoms with Gasteiger partial charge in [-0.05, 0) is 67.0 Å². The van der Waals surface area contributed by atoms with Crippen LogP contribution in [0.15, 0.2) is 58.6 Å². The van der Waals surface area contributed by atoms with Crippen molar-refractivity contribution < 1.29 is 14.3 Å². The van der Waals surface area contributed by atoms with E-state index in [4.69, 9.17) is 0 Å². The SMILES string of the molecule is O=C(c1ccc(-c2ccccc2F)cc1O)N(C1CC1)C1CCC2=C(C=NC2)C1. The fourth-order valence-corrected chi connectivity index (χ4v) is 4.53. The molecule has 2 aliphatic carbocycles. The van der Waals surface area contributed by atoms with Crippen LogP contribution in [-0.4, -0.2) is 40.8 Å². The topological polar surface area (TPSA) is 52.9 Å². The summed E-state index contributed by atoms with van der Waals surface area (Å²) in [4.78, 5) is 19.7. The number of amides is 1. The van der Waals surface area contributed by atoms with Crippen molar-refractivity contribution >= 4 is 12.1 Å². The standard InChI is InChI=1S/C24H23FN2O2/c25-22-4-2-1-3-20(22)15-6-10-21(23(28)12-15)24(29)27(18-8-9-18)19-7-5-16-13-26-14-17(16)11-19/h1-4,6,10,12,14,18-19,28H,5,7-9,11,13H2. The van der Waals surface area contributed by atoms with E-state index in [0.29, 0.717) is 11.1 Å². The predicted octanol–water partition coefficient (Wildman–Crippen LogP) is 4.74. The molecule has 1 amide bonds. The van der Waals surface area contributed by atoms with Gasteiger partial charge in [0.25, 0.3) is 5.91 Å². The van der Waals surface area contributed by atoms with Crippen LogP contribution in [0.3, 0.4) is 0 Å². The Morgan fingerprint density at radius 1 is 1.10 bits per heavy atom. The van der Waals surface area contributed by atoms with E-state index in [2.05, 4.69) is 4.99 Å². The van der Waals surface area contributed by atoms with Gasteiger partial charge in [0.05, 0.1) is 12.1 Å². The van der Waals surface area contributed by atoms with Gasteiger partial charge in [0.2, 0.25) is 0 Å². The van der Waals surface area contributed by atoms with E-state index in [1.165, 1.54) is 23.3 Å². The maximum absolute atomic E-state index is 14.1. The van der Waals surface area contributed by atoms with Crippen molar-refractivity contribution in [2.24, 2.45) is 4.99 Å². The molecule has 1 aliphatic heterocycles. The predicted molar refractivity (Wildman–Crippen MR) is 111 cm³/mol. The summed E-state index contributed by atoms with van der Waals surface area (Å²) >= 11 is 0. The van der Waals surface area contributed by atoms with Crippen LogP contribution in [0, 0.1) is 5.82 Å². The number of aliphatic imine (C=N–C) groups is 1. The minimum atomic E-state index is -0.352. The fourth-order valence-electron chi connectivity index (χ4n) is 4.53. The van der Waals surface area contributed by atoms with Gasteiger partial charge in [0, 0.05) is 23.9 Å². The van der Waals surface area contributed by atoms with Gasteiger partial charge in [-0.25, -0.2) is 4.39 Å². The number of carbonyl (C=O) groups is 1. The Morgan fingerprint density at radius 3 is 2.69 bits per heavy atom. The van der Waals surface area contributed by atoms with Gasteiger partial charge in [-0.2, -0.15) is 0 Å². The molecule has 1 saturated carbocycles. The third-order valence-electron chi connectivity index (χ3n) is 6.20. The molecule has 1 N–H and O–H groups in total. The molecule has 1 atom stereocenters. The zero-order valence-electron chi connectivity index (χ0n) is 16.1. The third kappa shape index (κ3) is 3.35. The molecule has 1 unspecified atom stereocenters. The largest absolute Gasteiger partial charge is 0.507 e. The molecule has 1 fully saturated rings. The highest BCUT2D eigenvalue weighted by atomic mass is 19.1. The van der Waals surface area contributed by atoms with Gasteiger partial charge in [0.1, 0.15) is 11.6 Å². The molecule has 2 aromatic carbocycles. The van der Waals surface area contributed by atoms with Crippen molar-refractivity contribution in [1.82, 2.24) is 4.90 Å². The van der Waals surface area contributed by atoms with E-state index in [1.807, 2.05) is 11.1 Å². The van der Waals surface area contributed by atoms with E-state index >= 15 is 0 Å². The first-order valence-corrected chi connectivity index (χ1v) is 10.2. The molecule has 1 heterocycles. The van der Waals surface area contributed by atoms with Gasteiger partial charge < -0.3 is 10.0 Å². The van der Waals surface area contributed by atoms with E-state index in [1.54, 1.807) is 30.3 Å². The average molecular weight is 390 g/mol. The molecule has 0 radical (unpaired) electrons. The summed E-state index contributed by atoms with van der Waals surface area (Å²) in [6.45, 7) is 0.803. The lowest BCUT2D eigenvalue weighted by Gasteiger charge is -2.35. The van der Waals surface area contributed by atoms with Crippen LogP contribution in [-0.2, 0) is 0 Å². The lowest BCUT2D eigenvalue weighted by atomic mass is 9.88. The number of nitrogens with zero attached hydrogens (tertiary/aromatic N) is 2. The monoisotopic (exact) mass is 390 g/mol. The summed E-state index contributed by atoms with van der Waals surface area (Å²) in [6.07, 6.45) is 6.74. The number of aromatic hydroxyl groups is 1. The Morgan fingerprint density at radius 2 is 1.93 bits per heavy atom. The molecule has 0 spiro atoms. The molecule has 3 aliphatic rings. The van der Waals surface area contributed by atoms with E-state index in [-0.39, 0.29) is 35.1 Å². The van der Waals surface area contributed by atoms with Crippen molar-refractivity contribution in [3.8, 4) is 16.9 Å². The second-order valence-corrected chi connectivity index (χ2v) is 8.15. The molecule has 4 nitrogen and oxygen atoms in total. The molecular weight excluding hydrogens is 367 g/mol. The smallest absolute Gasteiger partial charge is 0.258 e. The van der Waals surface area contributed by atoms with E-state index in [9.17, 15) is 14.3 Å². The van der Waals surface area contributed by atoms with Crippen molar-refractivity contribution in [3.05, 3.63) is 65.0 Å². The van der Waals surface area contributed by atoms with Crippen molar-refractivity contribution in [2.45, 2.75) is 44.2 Å². The number of rotatable bonds is 4. The van der Waals surface area contributed by atoms with Crippen molar-refractivity contribution in [2.75, 3.05) is 6.54 Å². The highest BCUT2D eigenvalue weighted by Crippen LogP contribution is 2.39. The Balaban J connectivity index is 1.43. The second kappa shape index (κ2) is 7.14. The van der Waals surface area contributed by atoms with Gasteiger partial charge in [-0.1, -0.05) is 24.3 Å². The van der Waals surface area contributed by atoms with E-state index in [0.717, 1.165) is 38.6 Å². The number of carbonyl (C=O) groups excluding carboxylic acids is 1. The molecule has 0 aromatic heterocycles. The van der Waals surface area contributed by atoms with Gasteiger partial charge >= 0.3 is 0 Å². The quantitative estimate of drug-likeness (QED) is 0.820. The normalized spacial score (nSPS) is 20.7. The minimum absolute atomic E-state index is 0.0976. The molecule has 148 valence electrons. The maximum Gasteiger partial charge on any atom is 0.258 e. The first-order valence-electron chi connectivity index (χ1n) is 10.2. The molecule has 0 saturated heterocycles. The Kier molecular flexibility index (Phi) is 4.46. The van der Waals surface area contributed by atoms with Crippen LogP contribution in [0.2, 0.25) is 0 Å². The Bertz CT molecular complexity index is 1040. The maximum atomic E-state index is 14.1. The number of halogens is 1. The first kappa shape index (κ1) is 18.1. The van der Waals surface area contributed by atoms with Gasteiger partial charge in [-0.15, -0.1) is 0 Å². The second-order valence-electron chi connectivity index (χ2n) is 8.15. The first-order chi connectivity index (χ1) is 14.1. The number of phenolic OH excluding ortho intramolecular Hbond substituents is 1.